The Balaban J connectivity index is 2.88. The van der Waals surface area contributed by atoms with Crippen LogP contribution in [-0.2, 0) is 4.79 Å². The number of hydrogen-bond acceptors (Lipinski definition) is 3. The molecule has 0 bridgehead atoms. The third-order valence-corrected chi connectivity index (χ3v) is 2.56. The predicted octanol–water partition coefficient (Wildman–Crippen LogP) is 1.31. The van der Waals surface area contributed by atoms with E-state index in [0.717, 1.165) is 0 Å². The fourth-order valence-corrected chi connectivity index (χ4v) is 1.47. The normalized spacial score (nSPS) is 11.9. The molecule has 0 aromatic heterocycles. The molecular weight excluding hydrogens is 220 g/mol. The SMILES string of the molecule is CCC(CN)C(=O)Nc1ccccc1C(=O)O. The number of carboxylic acid groups (broad SMARTS) is 1. The van der Waals surface area contributed by atoms with Crippen molar-refractivity contribution in [2.45, 2.75) is 13.3 Å². The molecule has 1 rings (SSSR count). The quantitative estimate of drug-likeness (QED) is 0.718. The molecule has 17 heavy (non-hydrogen) atoms. The number of rotatable bonds is 5. The van der Waals surface area contributed by atoms with Gasteiger partial charge in [-0.15, -0.1) is 0 Å². The van der Waals surface area contributed by atoms with Gasteiger partial charge in [0.05, 0.1) is 17.2 Å². The summed E-state index contributed by atoms with van der Waals surface area (Å²) >= 11 is 0. The molecule has 1 unspecified atom stereocenters. The maximum Gasteiger partial charge on any atom is 0.337 e. The first-order chi connectivity index (χ1) is 8.10. The van der Waals surface area contributed by atoms with Gasteiger partial charge in [0.2, 0.25) is 5.91 Å². The highest BCUT2D eigenvalue weighted by atomic mass is 16.4. The molecule has 0 aliphatic rings. The third-order valence-electron chi connectivity index (χ3n) is 2.56. The van der Waals surface area contributed by atoms with Crippen LogP contribution in [0.15, 0.2) is 24.3 Å². The average molecular weight is 236 g/mol. The Hall–Kier alpha value is -1.88. The third kappa shape index (κ3) is 3.29. The molecule has 0 radical (unpaired) electrons. The van der Waals surface area contributed by atoms with Crippen LogP contribution in [0.2, 0.25) is 0 Å². The second kappa shape index (κ2) is 6.00. The number of nitrogens with two attached hydrogens (primary N) is 1. The van der Waals surface area contributed by atoms with Gasteiger partial charge in [0, 0.05) is 6.54 Å². The van der Waals surface area contributed by atoms with Crippen LogP contribution in [0.3, 0.4) is 0 Å². The van der Waals surface area contributed by atoms with Crippen molar-refractivity contribution in [2.24, 2.45) is 11.7 Å². The summed E-state index contributed by atoms with van der Waals surface area (Å²) in [5.41, 5.74) is 5.84. The van der Waals surface area contributed by atoms with Crippen LogP contribution < -0.4 is 11.1 Å². The number of amides is 1. The van der Waals surface area contributed by atoms with Crippen LogP contribution in [0.5, 0.6) is 0 Å². The zero-order valence-electron chi connectivity index (χ0n) is 9.64. The van der Waals surface area contributed by atoms with E-state index in [4.69, 9.17) is 10.8 Å². The highest BCUT2D eigenvalue weighted by Gasteiger charge is 2.17. The largest absolute Gasteiger partial charge is 0.478 e. The minimum absolute atomic E-state index is 0.0766. The number of carboxylic acids is 1. The minimum Gasteiger partial charge on any atom is -0.478 e. The summed E-state index contributed by atoms with van der Waals surface area (Å²) in [7, 11) is 0. The average Bonchev–Trinajstić information content (AvgIpc) is 2.31. The lowest BCUT2D eigenvalue weighted by atomic mass is 10.1. The Labute approximate surface area is 99.6 Å². The monoisotopic (exact) mass is 236 g/mol. The number of carbonyl (C=O) groups is 2. The van der Waals surface area contributed by atoms with E-state index in [9.17, 15) is 9.59 Å². The Kier molecular flexibility index (Phi) is 4.66. The van der Waals surface area contributed by atoms with Crippen molar-refractivity contribution in [1.82, 2.24) is 0 Å². The first-order valence-corrected chi connectivity index (χ1v) is 5.43. The van der Waals surface area contributed by atoms with Crippen LogP contribution in [0.4, 0.5) is 5.69 Å². The molecule has 1 atom stereocenters. The van der Waals surface area contributed by atoms with E-state index in [1.807, 2.05) is 6.92 Å². The van der Waals surface area contributed by atoms with E-state index in [1.165, 1.54) is 6.07 Å². The molecule has 0 aliphatic carbocycles. The van der Waals surface area contributed by atoms with Gasteiger partial charge in [-0.1, -0.05) is 19.1 Å². The lowest BCUT2D eigenvalue weighted by molar-refractivity contribution is -0.119. The fourth-order valence-electron chi connectivity index (χ4n) is 1.47. The number of benzene rings is 1. The van der Waals surface area contributed by atoms with Crippen molar-refractivity contribution in [3.05, 3.63) is 29.8 Å². The first kappa shape index (κ1) is 13.2. The highest BCUT2D eigenvalue weighted by molar-refractivity contribution is 6.01. The zero-order valence-corrected chi connectivity index (χ0v) is 9.64. The maximum absolute atomic E-state index is 11.8. The standard InChI is InChI=1S/C12H16N2O3/c1-2-8(7-13)11(15)14-10-6-4-3-5-9(10)12(16)17/h3-6,8H,2,7,13H2,1H3,(H,14,15)(H,16,17). The summed E-state index contributed by atoms with van der Waals surface area (Å²) in [5.74, 6) is -1.61. The Morgan fingerprint density at radius 1 is 1.41 bits per heavy atom. The summed E-state index contributed by atoms with van der Waals surface area (Å²) in [6.45, 7) is 2.11. The van der Waals surface area contributed by atoms with Crippen LogP contribution in [0.25, 0.3) is 0 Å². The second-order valence-corrected chi connectivity index (χ2v) is 3.68. The molecule has 0 aliphatic heterocycles. The maximum atomic E-state index is 11.8. The number of nitrogens with one attached hydrogen (secondary N) is 1. The van der Waals surface area contributed by atoms with Crippen molar-refractivity contribution >= 4 is 17.6 Å². The van der Waals surface area contributed by atoms with Crippen molar-refractivity contribution in [2.75, 3.05) is 11.9 Å². The van der Waals surface area contributed by atoms with Crippen molar-refractivity contribution < 1.29 is 14.7 Å². The summed E-state index contributed by atoms with van der Waals surface area (Å²) < 4.78 is 0. The smallest absolute Gasteiger partial charge is 0.337 e. The van der Waals surface area contributed by atoms with E-state index >= 15 is 0 Å². The van der Waals surface area contributed by atoms with Gasteiger partial charge in [0.15, 0.2) is 0 Å². The molecule has 5 nitrogen and oxygen atoms in total. The molecule has 4 N–H and O–H groups in total. The molecular formula is C12H16N2O3. The number of anilines is 1. The highest BCUT2D eigenvalue weighted by Crippen LogP contribution is 2.16. The van der Waals surface area contributed by atoms with Gasteiger partial charge in [-0.05, 0) is 18.6 Å². The fraction of sp³-hybridized carbons (Fsp3) is 0.333. The van der Waals surface area contributed by atoms with Crippen LogP contribution in [0, 0.1) is 5.92 Å². The van der Waals surface area contributed by atoms with Gasteiger partial charge in [0.1, 0.15) is 0 Å². The first-order valence-electron chi connectivity index (χ1n) is 5.43. The van der Waals surface area contributed by atoms with Crippen LogP contribution in [0.1, 0.15) is 23.7 Å². The summed E-state index contributed by atoms with van der Waals surface area (Å²) in [5, 5.41) is 11.5. The molecule has 92 valence electrons. The van der Waals surface area contributed by atoms with E-state index in [1.54, 1.807) is 18.2 Å². The van der Waals surface area contributed by atoms with Gasteiger partial charge in [-0.25, -0.2) is 4.79 Å². The van der Waals surface area contributed by atoms with E-state index in [0.29, 0.717) is 12.1 Å². The van der Waals surface area contributed by atoms with Gasteiger partial charge in [-0.3, -0.25) is 4.79 Å². The Bertz CT molecular complexity index is 414. The lowest BCUT2D eigenvalue weighted by Crippen LogP contribution is -2.29. The molecule has 0 heterocycles. The number of para-hydroxylation sites is 1. The number of aromatic carboxylic acids is 1. The van der Waals surface area contributed by atoms with Crippen LogP contribution in [-0.4, -0.2) is 23.5 Å². The summed E-state index contributed by atoms with van der Waals surface area (Å²) in [4.78, 5) is 22.7. The molecule has 0 saturated heterocycles. The van der Waals surface area contributed by atoms with Crippen molar-refractivity contribution in [3.63, 3.8) is 0 Å². The van der Waals surface area contributed by atoms with E-state index < -0.39 is 5.97 Å². The van der Waals surface area contributed by atoms with Gasteiger partial charge >= 0.3 is 5.97 Å². The molecule has 1 aromatic carbocycles. The topological polar surface area (TPSA) is 92.4 Å². The van der Waals surface area contributed by atoms with Crippen molar-refractivity contribution in [1.29, 1.82) is 0 Å². The minimum atomic E-state index is -1.07. The Morgan fingerprint density at radius 2 is 2.06 bits per heavy atom. The van der Waals surface area contributed by atoms with Gasteiger partial charge in [0.25, 0.3) is 0 Å². The molecule has 1 aromatic rings. The van der Waals surface area contributed by atoms with E-state index in [2.05, 4.69) is 5.32 Å². The number of carbonyl (C=O) groups excluding carboxylic acids is 1. The zero-order chi connectivity index (χ0) is 12.8. The number of hydrogen-bond donors (Lipinski definition) is 3. The van der Waals surface area contributed by atoms with Gasteiger partial charge < -0.3 is 16.2 Å². The summed E-state index contributed by atoms with van der Waals surface area (Å²) in [6.07, 6.45) is 0.623. The van der Waals surface area contributed by atoms with Gasteiger partial charge in [-0.2, -0.15) is 0 Å². The Morgan fingerprint density at radius 3 is 2.59 bits per heavy atom. The molecule has 0 fully saturated rings. The second-order valence-electron chi connectivity index (χ2n) is 3.68. The lowest BCUT2D eigenvalue weighted by Gasteiger charge is -2.13. The predicted molar refractivity (Wildman–Crippen MR) is 64.9 cm³/mol. The van der Waals surface area contributed by atoms with E-state index in [-0.39, 0.29) is 23.9 Å². The molecule has 0 saturated carbocycles. The summed E-state index contributed by atoms with van der Waals surface area (Å²) in [6, 6.07) is 6.29. The molecule has 1 amide bonds. The molecule has 5 heteroatoms. The van der Waals surface area contributed by atoms with Crippen LogP contribution >= 0.6 is 0 Å². The van der Waals surface area contributed by atoms with Crippen molar-refractivity contribution in [3.8, 4) is 0 Å². The molecule has 0 spiro atoms.